The molecule has 0 aliphatic heterocycles. The van der Waals surface area contributed by atoms with Gasteiger partial charge in [-0.3, -0.25) is 9.36 Å². The Balaban J connectivity index is 2.31. The number of aldehydes is 1. The minimum atomic E-state index is -0.207. The Kier molecular flexibility index (Phi) is 3.66. The first-order chi connectivity index (χ1) is 8.65. The fourth-order valence-electron chi connectivity index (χ4n) is 1.61. The van der Waals surface area contributed by atoms with E-state index in [0.29, 0.717) is 17.3 Å². The van der Waals surface area contributed by atoms with Crippen LogP contribution in [0.4, 0.5) is 0 Å². The second-order valence-corrected chi connectivity index (χ2v) is 4.83. The van der Waals surface area contributed by atoms with Crippen LogP contribution in [-0.2, 0) is 6.54 Å². The summed E-state index contributed by atoms with van der Waals surface area (Å²) in [4.78, 5) is 23.1. The fourth-order valence-corrected chi connectivity index (χ4v) is 2.61. The zero-order valence-electron chi connectivity index (χ0n) is 10.1. The predicted molar refractivity (Wildman–Crippen MR) is 69.2 cm³/mol. The van der Waals surface area contributed by atoms with Crippen LogP contribution in [0.1, 0.15) is 22.8 Å². The van der Waals surface area contributed by atoms with Crippen LogP contribution < -0.4 is 5.69 Å². The lowest BCUT2D eigenvalue weighted by atomic mass is 10.1. The third kappa shape index (κ3) is 2.38. The van der Waals surface area contributed by atoms with E-state index in [1.165, 1.54) is 11.8 Å². The Morgan fingerprint density at radius 1 is 1.50 bits per heavy atom. The minimum Gasteiger partial charge on any atom is -0.298 e. The maximum atomic E-state index is 11.4. The summed E-state index contributed by atoms with van der Waals surface area (Å²) in [7, 11) is 0. The number of benzene rings is 1. The van der Waals surface area contributed by atoms with Crippen molar-refractivity contribution in [2.24, 2.45) is 0 Å². The number of aryl methyl sites for hydroxylation is 1. The van der Waals surface area contributed by atoms with Crippen LogP contribution in [0.15, 0.2) is 33.0 Å². The number of carbonyl (C=O) groups is 1. The Morgan fingerprint density at radius 3 is 2.89 bits per heavy atom. The number of rotatable bonds is 4. The molecule has 0 unspecified atom stereocenters. The molecule has 1 aromatic heterocycles. The van der Waals surface area contributed by atoms with Gasteiger partial charge in [0.05, 0.1) is 0 Å². The maximum absolute atomic E-state index is 11.4. The van der Waals surface area contributed by atoms with Gasteiger partial charge in [0, 0.05) is 17.0 Å². The Morgan fingerprint density at radius 2 is 2.28 bits per heavy atom. The molecular formula is C12H13N3O2S. The number of nitrogens with one attached hydrogen (secondary N) is 1. The van der Waals surface area contributed by atoms with Gasteiger partial charge in [-0.25, -0.2) is 9.89 Å². The molecule has 0 spiro atoms. The lowest BCUT2D eigenvalue weighted by molar-refractivity contribution is 0.112. The molecule has 0 fully saturated rings. The number of H-pyrrole nitrogens is 1. The molecule has 1 N–H and O–H groups in total. The van der Waals surface area contributed by atoms with E-state index < -0.39 is 0 Å². The highest BCUT2D eigenvalue weighted by Crippen LogP contribution is 2.26. The first-order valence-electron chi connectivity index (χ1n) is 5.54. The molecule has 0 atom stereocenters. The zero-order chi connectivity index (χ0) is 13.1. The van der Waals surface area contributed by atoms with E-state index in [4.69, 9.17) is 0 Å². The van der Waals surface area contributed by atoms with Gasteiger partial charge in [-0.1, -0.05) is 6.07 Å². The van der Waals surface area contributed by atoms with Gasteiger partial charge in [-0.05, 0) is 43.3 Å². The molecule has 2 aromatic rings. The van der Waals surface area contributed by atoms with Gasteiger partial charge < -0.3 is 0 Å². The van der Waals surface area contributed by atoms with Crippen molar-refractivity contribution in [2.75, 3.05) is 0 Å². The minimum absolute atomic E-state index is 0.207. The van der Waals surface area contributed by atoms with E-state index >= 15 is 0 Å². The molecule has 0 radical (unpaired) electrons. The second kappa shape index (κ2) is 5.22. The molecule has 0 saturated carbocycles. The summed E-state index contributed by atoms with van der Waals surface area (Å²) in [5.74, 6) is 0. The summed E-state index contributed by atoms with van der Waals surface area (Å²) < 4.78 is 1.56. The van der Waals surface area contributed by atoms with Crippen molar-refractivity contribution < 1.29 is 4.79 Å². The van der Waals surface area contributed by atoms with Gasteiger partial charge in [0.15, 0.2) is 5.16 Å². The quantitative estimate of drug-likeness (QED) is 0.855. The number of aromatic amines is 1. The summed E-state index contributed by atoms with van der Waals surface area (Å²) in [6.45, 7) is 4.34. The first kappa shape index (κ1) is 12.6. The van der Waals surface area contributed by atoms with E-state index in [1.807, 2.05) is 26.0 Å². The van der Waals surface area contributed by atoms with Crippen LogP contribution in [-0.4, -0.2) is 21.1 Å². The van der Waals surface area contributed by atoms with Crippen molar-refractivity contribution in [2.45, 2.75) is 30.4 Å². The summed E-state index contributed by atoms with van der Waals surface area (Å²) >= 11 is 1.40. The number of hydrogen-bond acceptors (Lipinski definition) is 4. The lowest BCUT2D eigenvalue weighted by Crippen LogP contribution is -2.15. The number of hydrogen-bond donors (Lipinski definition) is 1. The van der Waals surface area contributed by atoms with E-state index in [0.717, 1.165) is 16.7 Å². The molecule has 1 heterocycles. The first-order valence-corrected chi connectivity index (χ1v) is 6.36. The molecule has 18 heavy (non-hydrogen) atoms. The molecule has 0 amide bonds. The predicted octanol–water partition coefficient (Wildman–Crippen LogP) is 1.86. The van der Waals surface area contributed by atoms with Gasteiger partial charge >= 0.3 is 5.69 Å². The number of aromatic nitrogens is 3. The summed E-state index contributed by atoms with van der Waals surface area (Å²) in [5, 5.41) is 7.02. The van der Waals surface area contributed by atoms with Gasteiger partial charge in [0.2, 0.25) is 0 Å². The molecule has 0 aliphatic carbocycles. The monoisotopic (exact) mass is 263 g/mol. The van der Waals surface area contributed by atoms with Crippen molar-refractivity contribution in [3.05, 3.63) is 39.8 Å². The highest BCUT2D eigenvalue weighted by molar-refractivity contribution is 7.99. The summed E-state index contributed by atoms with van der Waals surface area (Å²) in [5.41, 5.74) is 1.38. The molecule has 0 aliphatic rings. The number of carbonyl (C=O) groups excluding carboxylic acids is 1. The second-order valence-electron chi connectivity index (χ2n) is 3.79. The maximum Gasteiger partial charge on any atom is 0.343 e. The largest absolute Gasteiger partial charge is 0.343 e. The summed E-state index contributed by atoms with van der Waals surface area (Å²) in [6, 6.07) is 5.53. The Labute approximate surface area is 108 Å². The highest BCUT2D eigenvalue weighted by atomic mass is 32.2. The smallest absolute Gasteiger partial charge is 0.298 e. The average Bonchev–Trinajstić information content (AvgIpc) is 2.70. The van der Waals surface area contributed by atoms with Gasteiger partial charge in [0.25, 0.3) is 0 Å². The van der Waals surface area contributed by atoms with E-state index in [1.54, 1.807) is 10.6 Å². The van der Waals surface area contributed by atoms with Crippen molar-refractivity contribution in [1.82, 2.24) is 14.8 Å². The highest BCUT2D eigenvalue weighted by Gasteiger charge is 2.09. The molecular weight excluding hydrogens is 250 g/mol. The molecule has 0 saturated heterocycles. The van der Waals surface area contributed by atoms with Crippen LogP contribution in [0.2, 0.25) is 0 Å². The molecule has 2 rings (SSSR count). The van der Waals surface area contributed by atoms with Crippen LogP contribution in [0, 0.1) is 6.92 Å². The fraction of sp³-hybridized carbons (Fsp3) is 0.250. The average molecular weight is 263 g/mol. The van der Waals surface area contributed by atoms with Crippen molar-refractivity contribution in [3.63, 3.8) is 0 Å². The van der Waals surface area contributed by atoms with Crippen LogP contribution in [0.5, 0.6) is 0 Å². The van der Waals surface area contributed by atoms with Crippen LogP contribution in [0.3, 0.4) is 0 Å². The third-order valence-electron chi connectivity index (χ3n) is 2.62. The Bertz CT molecular complexity index is 630. The SMILES string of the molecule is CCn1c(Sc2ccc(C=O)c(C)c2)n[nH]c1=O. The van der Waals surface area contributed by atoms with E-state index in [9.17, 15) is 9.59 Å². The molecule has 6 heteroatoms. The van der Waals surface area contributed by atoms with Crippen LogP contribution in [0.25, 0.3) is 0 Å². The van der Waals surface area contributed by atoms with E-state index in [2.05, 4.69) is 10.2 Å². The van der Waals surface area contributed by atoms with Crippen LogP contribution >= 0.6 is 11.8 Å². The topological polar surface area (TPSA) is 67.8 Å². The molecule has 0 bridgehead atoms. The third-order valence-corrected chi connectivity index (χ3v) is 3.60. The molecule has 5 nitrogen and oxygen atoms in total. The van der Waals surface area contributed by atoms with Gasteiger partial charge in [0.1, 0.15) is 6.29 Å². The molecule has 1 aromatic carbocycles. The van der Waals surface area contributed by atoms with E-state index in [-0.39, 0.29) is 5.69 Å². The lowest BCUT2D eigenvalue weighted by Gasteiger charge is -2.04. The summed E-state index contributed by atoms with van der Waals surface area (Å²) in [6.07, 6.45) is 0.834. The standard InChI is InChI=1S/C12H13N3O2S/c1-3-15-11(17)13-14-12(15)18-10-5-4-9(7-16)8(2)6-10/h4-7H,3H2,1-2H3,(H,13,17). The van der Waals surface area contributed by atoms with Crippen molar-refractivity contribution in [3.8, 4) is 0 Å². The Hall–Kier alpha value is -1.82. The van der Waals surface area contributed by atoms with Gasteiger partial charge in [-0.15, -0.1) is 5.10 Å². The van der Waals surface area contributed by atoms with Gasteiger partial charge in [-0.2, -0.15) is 0 Å². The normalized spacial score (nSPS) is 10.6. The zero-order valence-corrected chi connectivity index (χ0v) is 11.0. The number of nitrogens with zero attached hydrogens (tertiary/aromatic N) is 2. The van der Waals surface area contributed by atoms with Crippen molar-refractivity contribution >= 4 is 18.0 Å². The molecule has 94 valence electrons. The van der Waals surface area contributed by atoms with Crippen molar-refractivity contribution in [1.29, 1.82) is 0 Å².